The fourth-order valence-electron chi connectivity index (χ4n) is 2.49. The Hall–Kier alpha value is -0.870. The van der Waals surface area contributed by atoms with Crippen LogP contribution in [-0.4, -0.2) is 35.6 Å². The number of nitrogens with zero attached hydrogens (tertiary/aromatic N) is 1. The van der Waals surface area contributed by atoms with E-state index in [1.807, 2.05) is 0 Å². The molecular weight excluding hydrogens is 234 g/mol. The lowest BCUT2D eigenvalue weighted by molar-refractivity contribution is -0.138. The normalized spacial score (nSPS) is 21.5. The van der Waals surface area contributed by atoms with Crippen molar-refractivity contribution in [2.75, 3.05) is 19.6 Å². The zero-order valence-corrected chi connectivity index (χ0v) is 10.8. The Labute approximate surface area is 106 Å². The largest absolute Gasteiger partial charge is 0.481 e. The second kappa shape index (κ2) is 6.17. The number of carboxylic acid groups (broad SMARTS) is 1. The van der Waals surface area contributed by atoms with Gasteiger partial charge >= 0.3 is 5.97 Å². The topological polar surface area (TPSA) is 40.5 Å². The molecule has 0 aromatic carbocycles. The lowest BCUT2D eigenvalue weighted by atomic mass is 9.94. The third kappa shape index (κ3) is 4.13. The van der Waals surface area contributed by atoms with Gasteiger partial charge in [0.05, 0.1) is 0 Å². The van der Waals surface area contributed by atoms with Gasteiger partial charge in [-0.15, -0.1) is 0 Å². The van der Waals surface area contributed by atoms with Gasteiger partial charge in [-0.25, -0.2) is 0 Å². The van der Waals surface area contributed by atoms with Crippen molar-refractivity contribution in [3.05, 3.63) is 22.4 Å². The van der Waals surface area contributed by atoms with Crippen molar-refractivity contribution < 1.29 is 9.90 Å². The van der Waals surface area contributed by atoms with Gasteiger partial charge in [-0.2, -0.15) is 11.3 Å². The van der Waals surface area contributed by atoms with E-state index >= 15 is 0 Å². The average molecular weight is 253 g/mol. The summed E-state index contributed by atoms with van der Waals surface area (Å²) >= 11 is 1.74. The molecule has 1 aliphatic heterocycles. The Bertz CT molecular complexity index is 350. The summed E-state index contributed by atoms with van der Waals surface area (Å²) in [5, 5.41) is 13.1. The summed E-state index contributed by atoms with van der Waals surface area (Å²) in [5.74, 6) is -0.307. The van der Waals surface area contributed by atoms with Crippen molar-refractivity contribution in [1.29, 1.82) is 0 Å². The summed E-state index contributed by atoms with van der Waals surface area (Å²) < 4.78 is 0. The standard InChI is InChI=1S/C13H19NO2S/c15-13(16)8-12-2-1-5-14(9-12)6-3-11-4-7-17-10-11/h4,7,10,12H,1-3,5-6,8-9H2,(H,15,16). The van der Waals surface area contributed by atoms with Gasteiger partial charge in [-0.05, 0) is 54.1 Å². The molecule has 0 saturated carbocycles. The molecule has 2 heterocycles. The van der Waals surface area contributed by atoms with E-state index in [4.69, 9.17) is 5.11 Å². The van der Waals surface area contributed by atoms with Crippen molar-refractivity contribution in [2.24, 2.45) is 5.92 Å². The molecule has 0 aliphatic carbocycles. The molecule has 1 saturated heterocycles. The van der Waals surface area contributed by atoms with Crippen LogP contribution >= 0.6 is 11.3 Å². The highest BCUT2D eigenvalue weighted by atomic mass is 32.1. The molecule has 1 atom stereocenters. The molecule has 1 aromatic rings. The van der Waals surface area contributed by atoms with Crippen molar-refractivity contribution in [2.45, 2.75) is 25.7 Å². The molecule has 4 heteroatoms. The van der Waals surface area contributed by atoms with E-state index in [9.17, 15) is 4.79 Å². The highest BCUT2D eigenvalue weighted by molar-refractivity contribution is 7.07. The summed E-state index contributed by atoms with van der Waals surface area (Å²) in [6.07, 6.45) is 3.63. The van der Waals surface area contributed by atoms with Crippen LogP contribution in [0.2, 0.25) is 0 Å². The van der Waals surface area contributed by atoms with Crippen molar-refractivity contribution >= 4 is 17.3 Å². The Morgan fingerprint density at radius 1 is 1.59 bits per heavy atom. The number of carbonyl (C=O) groups is 1. The lowest BCUT2D eigenvalue weighted by Gasteiger charge is -2.31. The maximum absolute atomic E-state index is 10.7. The lowest BCUT2D eigenvalue weighted by Crippen LogP contribution is -2.37. The first-order valence-electron chi connectivity index (χ1n) is 6.19. The number of carboxylic acids is 1. The van der Waals surface area contributed by atoms with Gasteiger partial charge in [0.1, 0.15) is 0 Å². The Balaban J connectivity index is 1.75. The van der Waals surface area contributed by atoms with Gasteiger partial charge in [-0.1, -0.05) is 0 Å². The van der Waals surface area contributed by atoms with Crippen molar-refractivity contribution in [1.82, 2.24) is 4.90 Å². The number of hydrogen-bond acceptors (Lipinski definition) is 3. The highest BCUT2D eigenvalue weighted by Gasteiger charge is 2.21. The smallest absolute Gasteiger partial charge is 0.303 e. The van der Waals surface area contributed by atoms with E-state index in [1.165, 1.54) is 5.56 Å². The minimum atomic E-state index is -0.658. The summed E-state index contributed by atoms with van der Waals surface area (Å²) in [6, 6.07) is 2.17. The summed E-state index contributed by atoms with van der Waals surface area (Å²) in [7, 11) is 0. The number of piperidine rings is 1. The molecular formula is C13H19NO2S. The van der Waals surface area contributed by atoms with E-state index in [1.54, 1.807) is 11.3 Å². The number of aliphatic carboxylic acids is 1. The average Bonchev–Trinajstić information content (AvgIpc) is 2.79. The Morgan fingerprint density at radius 3 is 3.18 bits per heavy atom. The first kappa shape index (κ1) is 12.6. The number of rotatable bonds is 5. The van der Waals surface area contributed by atoms with Crippen LogP contribution in [0.25, 0.3) is 0 Å². The molecule has 1 N–H and O–H groups in total. The predicted octanol–water partition coefficient (Wildman–Crippen LogP) is 2.48. The maximum Gasteiger partial charge on any atom is 0.303 e. The molecule has 17 heavy (non-hydrogen) atoms. The van der Waals surface area contributed by atoms with Gasteiger partial charge in [-0.3, -0.25) is 4.79 Å². The summed E-state index contributed by atoms with van der Waals surface area (Å²) in [5.41, 5.74) is 1.40. The molecule has 0 spiro atoms. The van der Waals surface area contributed by atoms with E-state index in [0.717, 1.165) is 38.9 Å². The quantitative estimate of drug-likeness (QED) is 0.876. The first-order chi connectivity index (χ1) is 8.24. The van der Waals surface area contributed by atoms with Crippen LogP contribution in [-0.2, 0) is 11.2 Å². The SMILES string of the molecule is O=C(O)CC1CCCN(CCc2ccsc2)C1. The zero-order chi connectivity index (χ0) is 12.1. The molecule has 2 rings (SSSR count). The van der Waals surface area contributed by atoms with Crippen LogP contribution in [0.3, 0.4) is 0 Å². The highest BCUT2D eigenvalue weighted by Crippen LogP contribution is 2.20. The fraction of sp³-hybridized carbons (Fsp3) is 0.615. The minimum Gasteiger partial charge on any atom is -0.481 e. The van der Waals surface area contributed by atoms with E-state index in [-0.39, 0.29) is 0 Å². The number of thiophene rings is 1. The predicted molar refractivity (Wildman–Crippen MR) is 69.4 cm³/mol. The third-order valence-corrected chi connectivity index (χ3v) is 4.10. The summed E-state index contributed by atoms with van der Waals surface area (Å²) in [6.45, 7) is 3.14. The summed E-state index contributed by atoms with van der Waals surface area (Å²) in [4.78, 5) is 13.1. The van der Waals surface area contributed by atoms with Crippen LogP contribution in [0.4, 0.5) is 0 Å². The van der Waals surface area contributed by atoms with Crippen LogP contribution in [0.15, 0.2) is 16.8 Å². The molecule has 1 fully saturated rings. The molecule has 0 bridgehead atoms. The van der Waals surface area contributed by atoms with Gasteiger partial charge in [0, 0.05) is 19.5 Å². The van der Waals surface area contributed by atoms with E-state index in [2.05, 4.69) is 21.7 Å². The molecule has 3 nitrogen and oxygen atoms in total. The first-order valence-corrected chi connectivity index (χ1v) is 7.13. The van der Waals surface area contributed by atoms with Gasteiger partial charge in [0.15, 0.2) is 0 Å². The molecule has 94 valence electrons. The van der Waals surface area contributed by atoms with Gasteiger partial charge < -0.3 is 10.0 Å². The van der Waals surface area contributed by atoms with Gasteiger partial charge in [0.25, 0.3) is 0 Å². The third-order valence-electron chi connectivity index (χ3n) is 3.36. The molecule has 0 radical (unpaired) electrons. The molecule has 1 aliphatic rings. The molecule has 1 aromatic heterocycles. The second-order valence-electron chi connectivity index (χ2n) is 4.79. The fourth-order valence-corrected chi connectivity index (χ4v) is 3.19. The number of hydrogen-bond donors (Lipinski definition) is 1. The number of likely N-dealkylation sites (tertiary alicyclic amines) is 1. The van der Waals surface area contributed by atoms with Crippen LogP contribution < -0.4 is 0 Å². The zero-order valence-electron chi connectivity index (χ0n) is 9.97. The molecule has 0 amide bonds. The van der Waals surface area contributed by atoms with E-state index < -0.39 is 5.97 Å². The van der Waals surface area contributed by atoms with Gasteiger partial charge in [0.2, 0.25) is 0 Å². The van der Waals surface area contributed by atoms with Crippen molar-refractivity contribution in [3.63, 3.8) is 0 Å². The Kier molecular flexibility index (Phi) is 4.57. The maximum atomic E-state index is 10.7. The van der Waals surface area contributed by atoms with Crippen LogP contribution in [0.5, 0.6) is 0 Å². The monoisotopic (exact) mass is 253 g/mol. The second-order valence-corrected chi connectivity index (χ2v) is 5.57. The molecule has 1 unspecified atom stereocenters. The van der Waals surface area contributed by atoms with Crippen LogP contribution in [0, 0.1) is 5.92 Å². The minimum absolute atomic E-state index is 0.328. The van der Waals surface area contributed by atoms with Crippen molar-refractivity contribution in [3.8, 4) is 0 Å². The van der Waals surface area contributed by atoms with E-state index in [0.29, 0.717) is 12.3 Å². The van der Waals surface area contributed by atoms with Crippen LogP contribution in [0.1, 0.15) is 24.8 Å². The Morgan fingerprint density at radius 2 is 2.47 bits per heavy atom.